The predicted molar refractivity (Wildman–Crippen MR) is 99.7 cm³/mol. The summed E-state index contributed by atoms with van der Waals surface area (Å²) in [5, 5.41) is 21.8. The number of hydrogen-bond acceptors (Lipinski definition) is 3. The molecule has 0 aromatic heterocycles. The maximum absolute atomic E-state index is 11.4. The lowest BCUT2D eigenvalue weighted by molar-refractivity contribution is -0.151. The third kappa shape index (κ3) is 4.64. The lowest BCUT2D eigenvalue weighted by Crippen LogP contribution is -2.39. The summed E-state index contributed by atoms with van der Waals surface area (Å²) in [7, 11) is 2.45. The molecule has 24 heavy (non-hydrogen) atoms. The number of carboxylic acid groups (broad SMARTS) is 1. The third-order valence-corrected chi connectivity index (χ3v) is 4.81. The maximum atomic E-state index is 11.4. The first-order valence-electron chi connectivity index (χ1n) is 7.93. The first-order valence-corrected chi connectivity index (χ1v) is 8.51. The van der Waals surface area contributed by atoms with Gasteiger partial charge in [0.2, 0.25) is 0 Å². The van der Waals surface area contributed by atoms with E-state index in [2.05, 4.69) is 50.9 Å². The van der Waals surface area contributed by atoms with Gasteiger partial charge in [-0.05, 0) is 36.5 Å². The molecule has 0 amide bonds. The van der Waals surface area contributed by atoms with Gasteiger partial charge in [0.1, 0.15) is 0 Å². The number of carboxylic acids is 1. The molecule has 128 valence electrons. The highest BCUT2D eigenvalue weighted by molar-refractivity contribution is 7.13. The van der Waals surface area contributed by atoms with Gasteiger partial charge in [0, 0.05) is 6.04 Å². The van der Waals surface area contributed by atoms with E-state index >= 15 is 0 Å². The fourth-order valence-electron chi connectivity index (χ4n) is 2.70. The number of rotatable bonds is 8. The molecule has 5 heteroatoms. The van der Waals surface area contributed by atoms with Gasteiger partial charge in [-0.3, -0.25) is 9.88 Å². The Morgan fingerprint density at radius 1 is 1.12 bits per heavy atom. The maximum Gasteiger partial charge on any atom is 0.311 e. The van der Waals surface area contributed by atoms with Crippen molar-refractivity contribution in [3.63, 3.8) is 0 Å². The minimum atomic E-state index is -1.14. The van der Waals surface area contributed by atoms with Gasteiger partial charge in [0.05, 0.1) is 12.0 Å². The smallest absolute Gasteiger partial charge is 0.311 e. The fraction of sp³-hybridized carbons (Fsp3) is 0.316. The van der Waals surface area contributed by atoms with E-state index in [0.717, 1.165) is 11.1 Å². The number of hydrogen-bond donors (Lipinski definition) is 3. The molecular weight excluding hydrogens is 321 g/mol. The Labute approximate surface area is 145 Å². The Morgan fingerprint density at radius 2 is 1.71 bits per heavy atom. The number of nitrogens with one attached hydrogen (secondary N) is 1. The highest BCUT2D eigenvalue weighted by Crippen LogP contribution is 2.26. The second kappa shape index (κ2) is 8.39. The standard InChI is InChI=1S/C19H24NO3P/c1-19(13-21,18(22)23)12-17(20-24)11-14-7-9-16(10-8-14)15-5-3-2-4-6-15/h2-10,17,20-21H,11-13,24H2,1H3,(H,22,23)/t17-,19?/m1/s1. The Balaban J connectivity index is 2.07. The van der Waals surface area contributed by atoms with Gasteiger partial charge >= 0.3 is 5.97 Å². The summed E-state index contributed by atoms with van der Waals surface area (Å²) < 4.78 is 0. The Hall–Kier alpha value is -1.74. The molecule has 0 bridgehead atoms. The van der Waals surface area contributed by atoms with Crippen LogP contribution in [0.5, 0.6) is 0 Å². The summed E-state index contributed by atoms with van der Waals surface area (Å²) in [6.45, 7) is 1.20. The summed E-state index contributed by atoms with van der Waals surface area (Å²) in [5.74, 6) is -0.977. The van der Waals surface area contributed by atoms with Crippen molar-refractivity contribution in [2.24, 2.45) is 5.41 Å². The molecule has 2 aromatic carbocycles. The van der Waals surface area contributed by atoms with Gasteiger partial charge in [0.15, 0.2) is 0 Å². The topological polar surface area (TPSA) is 69.6 Å². The van der Waals surface area contributed by atoms with Crippen molar-refractivity contribution in [1.29, 1.82) is 0 Å². The molecule has 0 heterocycles. The van der Waals surface area contributed by atoms with Crippen molar-refractivity contribution in [3.8, 4) is 11.1 Å². The van der Waals surface area contributed by atoms with Crippen molar-refractivity contribution >= 4 is 15.4 Å². The monoisotopic (exact) mass is 345 g/mol. The Kier molecular flexibility index (Phi) is 6.50. The van der Waals surface area contributed by atoms with Crippen molar-refractivity contribution in [2.75, 3.05) is 6.61 Å². The molecule has 3 N–H and O–H groups in total. The number of aliphatic hydroxyl groups is 1. The van der Waals surface area contributed by atoms with Crippen LogP contribution in [0.4, 0.5) is 0 Å². The first-order chi connectivity index (χ1) is 11.5. The van der Waals surface area contributed by atoms with Crippen LogP contribution in [0.15, 0.2) is 54.6 Å². The molecule has 2 unspecified atom stereocenters. The average molecular weight is 345 g/mol. The van der Waals surface area contributed by atoms with Crippen LogP contribution >= 0.6 is 9.39 Å². The summed E-state index contributed by atoms with van der Waals surface area (Å²) in [6.07, 6.45) is 1.05. The minimum absolute atomic E-state index is 0.0502. The zero-order valence-electron chi connectivity index (χ0n) is 13.8. The van der Waals surface area contributed by atoms with E-state index in [4.69, 9.17) is 0 Å². The number of aliphatic hydroxyl groups excluding tert-OH is 1. The van der Waals surface area contributed by atoms with Crippen molar-refractivity contribution in [3.05, 3.63) is 60.2 Å². The van der Waals surface area contributed by atoms with E-state index in [1.54, 1.807) is 6.92 Å². The van der Waals surface area contributed by atoms with Gasteiger partial charge < -0.3 is 10.2 Å². The lowest BCUT2D eigenvalue weighted by atomic mass is 9.83. The predicted octanol–water partition coefficient (Wildman–Crippen LogP) is 3.12. The van der Waals surface area contributed by atoms with Gasteiger partial charge in [-0.25, -0.2) is 0 Å². The van der Waals surface area contributed by atoms with E-state index in [1.165, 1.54) is 5.56 Å². The normalized spacial score (nSPS) is 14.8. The highest BCUT2D eigenvalue weighted by Gasteiger charge is 2.34. The van der Waals surface area contributed by atoms with Crippen molar-refractivity contribution in [1.82, 2.24) is 5.09 Å². The van der Waals surface area contributed by atoms with Crippen LogP contribution in [0, 0.1) is 5.41 Å². The Morgan fingerprint density at radius 3 is 2.21 bits per heavy atom. The molecule has 0 aliphatic heterocycles. The number of benzene rings is 2. The zero-order chi connectivity index (χ0) is 17.6. The molecule has 0 fully saturated rings. The SMILES string of the molecule is CC(CO)(C[C@@H](Cc1ccc(-c2ccccc2)cc1)NP)C(=O)O. The van der Waals surface area contributed by atoms with Crippen molar-refractivity contribution in [2.45, 2.75) is 25.8 Å². The molecule has 0 aliphatic rings. The van der Waals surface area contributed by atoms with Crippen LogP contribution in [0.2, 0.25) is 0 Å². The lowest BCUT2D eigenvalue weighted by Gasteiger charge is -2.27. The number of carbonyl (C=O) groups is 1. The minimum Gasteiger partial charge on any atom is -0.481 e. The first kappa shape index (κ1) is 18.6. The quantitative estimate of drug-likeness (QED) is 0.643. The summed E-state index contributed by atoms with van der Waals surface area (Å²) in [6, 6.07) is 18.4. The molecule has 0 saturated heterocycles. The van der Waals surface area contributed by atoms with Crippen LogP contribution in [0.3, 0.4) is 0 Å². The van der Waals surface area contributed by atoms with Gasteiger partial charge in [-0.15, -0.1) is 0 Å². The fourth-order valence-corrected chi connectivity index (χ4v) is 2.94. The number of aliphatic carboxylic acids is 1. The highest BCUT2D eigenvalue weighted by atomic mass is 31.0. The second-order valence-electron chi connectivity index (χ2n) is 6.36. The van der Waals surface area contributed by atoms with Crippen LogP contribution in [-0.4, -0.2) is 28.8 Å². The molecule has 2 aromatic rings. The molecular formula is C19H24NO3P. The molecule has 0 saturated carbocycles. The van der Waals surface area contributed by atoms with Gasteiger partial charge in [-0.2, -0.15) is 0 Å². The summed E-state index contributed by atoms with van der Waals surface area (Å²) in [4.78, 5) is 11.4. The van der Waals surface area contributed by atoms with E-state index in [1.807, 2.05) is 18.2 Å². The van der Waals surface area contributed by atoms with Gasteiger partial charge in [-0.1, -0.05) is 64.0 Å². The zero-order valence-corrected chi connectivity index (χ0v) is 14.9. The van der Waals surface area contributed by atoms with Crippen LogP contribution in [0.25, 0.3) is 11.1 Å². The molecule has 2 rings (SSSR count). The summed E-state index contributed by atoms with van der Waals surface area (Å²) >= 11 is 0. The molecule has 0 radical (unpaired) electrons. The van der Waals surface area contributed by atoms with E-state index in [9.17, 15) is 15.0 Å². The van der Waals surface area contributed by atoms with E-state index in [-0.39, 0.29) is 12.6 Å². The van der Waals surface area contributed by atoms with Crippen LogP contribution < -0.4 is 5.09 Å². The van der Waals surface area contributed by atoms with Crippen molar-refractivity contribution < 1.29 is 15.0 Å². The second-order valence-corrected chi connectivity index (χ2v) is 6.69. The van der Waals surface area contributed by atoms with Crippen LogP contribution in [-0.2, 0) is 11.2 Å². The van der Waals surface area contributed by atoms with E-state index in [0.29, 0.717) is 12.8 Å². The Bertz CT molecular complexity index is 660. The summed E-state index contributed by atoms with van der Waals surface area (Å²) in [5.41, 5.74) is 2.31. The molecule has 3 atom stereocenters. The largest absolute Gasteiger partial charge is 0.481 e. The van der Waals surface area contributed by atoms with Crippen LogP contribution in [0.1, 0.15) is 18.9 Å². The molecule has 0 aliphatic carbocycles. The van der Waals surface area contributed by atoms with E-state index < -0.39 is 11.4 Å². The van der Waals surface area contributed by atoms with Gasteiger partial charge in [0.25, 0.3) is 0 Å². The third-order valence-electron chi connectivity index (χ3n) is 4.34. The molecule has 4 nitrogen and oxygen atoms in total. The average Bonchev–Trinajstić information content (AvgIpc) is 2.62. The molecule has 0 spiro atoms.